The molecule has 0 unspecified atom stereocenters. The van der Waals surface area contributed by atoms with Crippen LogP contribution in [0.2, 0.25) is 0 Å². The first kappa shape index (κ1) is 24.8. The molecule has 0 bridgehead atoms. The molecule has 2 aliphatic carbocycles. The Kier molecular flexibility index (Phi) is 8.06. The third-order valence-electron chi connectivity index (χ3n) is 7.18. The topological polar surface area (TPSA) is 105 Å². The number of carbonyl (C=O) groups excluding carboxylic acids is 2. The van der Waals surface area contributed by atoms with Crippen LogP contribution in [-0.4, -0.2) is 41.8 Å². The minimum Gasteiger partial charge on any atom is -0.481 e. The summed E-state index contributed by atoms with van der Waals surface area (Å²) in [6.45, 7) is 2.22. The van der Waals surface area contributed by atoms with Gasteiger partial charge in [0, 0.05) is 24.4 Å². The number of aliphatic carboxylic acids is 1. The van der Waals surface area contributed by atoms with Crippen LogP contribution in [0.15, 0.2) is 48.5 Å². The third kappa shape index (κ3) is 6.02. The molecule has 0 aliphatic heterocycles. The number of alkyl carbamates (subject to hydrolysis) is 1. The molecule has 3 N–H and O–H groups in total. The van der Waals surface area contributed by atoms with E-state index in [0.29, 0.717) is 6.42 Å². The van der Waals surface area contributed by atoms with E-state index in [1.54, 1.807) is 0 Å². The fourth-order valence-electron chi connectivity index (χ4n) is 5.57. The molecule has 186 valence electrons. The van der Waals surface area contributed by atoms with Crippen LogP contribution in [0.3, 0.4) is 0 Å². The summed E-state index contributed by atoms with van der Waals surface area (Å²) in [5, 5.41) is 14.9. The molecule has 35 heavy (non-hydrogen) atoms. The van der Waals surface area contributed by atoms with Crippen molar-refractivity contribution in [2.75, 3.05) is 6.61 Å². The quantitative estimate of drug-likeness (QED) is 0.453. The minimum absolute atomic E-state index is 0.00281. The highest BCUT2D eigenvalue weighted by atomic mass is 16.5. The zero-order valence-corrected chi connectivity index (χ0v) is 20.2. The van der Waals surface area contributed by atoms with Crippen LogP contribution in [0, 0.1) is 5.92 Å². The fourth-order valence-corrected chi connectivity index (χ4v) is 5.57. The Labute approximate surface area is 206 Å². The van der Waals surface area contributed by atoms with Crippen molar-refractivity contribution < 1.29 is 24.2 Å². The first-order valence-electron chi connectivity index (χ1n) is 12.6. The summed E-state index contributed by atoms with van der Waals surface area (Å²) in [4.78, 5) is 36.3. The van der Waals surface area contributed by atoms with Gasteiger partial charge in [-0.25, -0.2) is 4.79 Å². The Bertz CT molecular complexity index is 1020. The number of carbonyl (C=O) groups is 3. The van der Waals surface area contributed by atoms with E-state index in [0.717, 1.165) is 25.7 Å². The van der Waals surface area contributed by atoms with Gasteiger partial charge in [-0.05, 0) is 47.4 Å². The first-order chi connectivity index (χ1) is 17.0. The van der Waals surface area contributed by atoms with Gasteiger partial charge in [-0.1, -0.05) is 68.3 Å². The van der Waals surface area contributed by atoms with E-state index in [2.05, 4.69) is 34.9 Å². The van der Waals surface area contributed by atoms with Gasteiger partial charge in [0.15, 0.2) is 0 Å². The highest BCUT2D eigenvalue weighted by Crippen LogP contribution is 2.44. The van der Waals surface area contributed by atoms with E-state index in [9.17, 15) is 14.4 Å². The number of nitrogens with one attached hydrogen (secondary N) is 2. The van der Waals surface area contributed by atoms with E-state index in [4.69, 9.17) is 9.84 Å². The number of benzene rings is 2. The number of carboxylic acids is 1. The Morgan fingerprint density at radius 2 is 1.69 bits per heavy atom. The van der Waals surface area contributed by atoms with Crippen molar-refractivity contribution >= 4 is 18.0 Å². The minimum atomic E-state index is -0.917. The largest absolute Gasteiger partial charge is 0.481 e. The molecular formula is C28H34N2O5. The maximum absolute atomic E-state index is 12.7. The van der Waals surface area contributed by atoms with Crippen molar-refractivity contribution in [2.45, 2.75) is 69.9 Å². The molecule has 0 spiro atoms. The van der Waals surface area contributed by atoms with Crippen molar-refractivity contribution in [3.05, 3.63) is 59.7 Å². The van der Waals surface area contributed by atoms with Crippen molar-refractivity contribution in [1.29, 1.82) is 0 Å². The molecular weight excluding hydrogens is 444 g/mol. The van der Waals surface area contributed by atoms with Gasteiger partial charge in [0.25, 0.3) is 0 Å². The number of amides is 2. The molecule has 7 nitrogen and oxygen atoms in total. The zero-order chi connectivity index (χ0) is 24.8. The Hall–Kier alpha value is -3.35. The molecule has 4 rings (SSSR count). The molecule has 2 aromatic rings. The summed E-state index contributed by atoms with van der Waals surface area (Å²) in [5.41, 5.74) is 4.70. The zero-order valence-electron chi connectivity index (χ0n) is 20.2. The van der Waals surface area contributed by atoms with Gasteiger partial charge in [0.1, 0.15) is 6.61 Å². The summed E-state index contributed by atoms with van der Waals surface area (Å²) in [6, 6.07) is 15.9. The summed E-state index contributed by atoms with van der Waals surface area (Å²) >= 11 is 0. The number of ether oxygens (including phenoxy) is 1. The predicted molar refractivity (Wildman–Crippen MR) is 133 cm³/mol. The van der Waals surface area contributed by atoms with Gasteiger partial charge in [-0.15, -0.1) is 0 Å². The lowest BCUT2D eigenvalue weighted by Gasteiger charge is -2.23. The second kappa shape index (κ2) is 11.4. The average Bonchev–Trinajstić information content (AvgIpc) is 3.39. The smallest absolute Gasteiger partial charge is 0.407 e. The number of carboxylic acid groups (broad SMARTS) is 1. The third-order valence-corrected chi connectivity index (χ3v) is 7.18. The van der Waals surface area contributed by atoms with Gasteiger partial charge in [-0.3, -0.25) is 9.59 Å². The molecule has 2 aliphatic rings. The second-order valence-corrected chi connectivity index (χ2v) is 9.62. The lowest BCUT2D eigenvalue weighted by molar-refractivity contribution is -0.137. The summed E-state index contributed by atoms with van der Waals surface area (Å²) < 4.78 is 5.68. The predicted octanol–water partition coefficient (Wildman–Crippen LogP) is 4.84. The lowest BCUT2D eigenvalue weighted by Crippen LogP contribution is -2.42. The highest BCUT2D eigenvalue weighted by Gasteiger charge is 2.33. The average molecular weight is 479 g/mol. The molecule has 0 saturated heterocycles. The van der Waals surface area contributed by atoms with Gasteiger partial charge < -0.3 is 20.5 Å². The molecule has 3 atom stereocenters. The van der Waals surface area contributed by atoms with Crippen molar-refractivity contribution in [3.63, 3.8) is 0 Å². The SMILES string of the molecule is CCC[C@H](CC(=O)O)NC(=O)C[C@@H]1CCC[C@H]1NC(=O)OCC1c2ccccc2-c2ccccc21. The normalized spacial score (nSPS) is 19.5. The summed E-state index contributed by atoms with van der Waals surface area (Å²) in [5.74, 6) is -1.05. The number of fused-ring (bicyclic) bond motifs is 3. The maximum atomic E-state index is 12.7. The standard InChI is InChI=1S/C28H34N2O5/c1-2-8-19(16-27(32)33)29-26(31)15-18-9-7-14-25(18)30-28(34)35-17-24-22-12-5-3-10-20(22)21-11-4-6-13-23(21)24/h3-6,10-13,18-19,24-25H,2,7-9,14-17H2,1H3,(H,29,31)(H,30,34)(H,32,33)/t18-,19+,25+/m0/s1. The summed E-state index contributed by atoms with van der Waals surface area (Å²) in [7, 11) is 0. The van der Waals surface area contributed by atoms with E-state index >= 15 is 0 Å². The molecule has 7 heteroatoms. The van der Waals surface area contributed by atoms with Crippen LogP contribution in [0.5, 0.6) is 0 Å². The van der Waals surface area contributed by atoms with Crippen LogP contribution in [0.25, 0.3) is 11.1 Å². The van der Waals surface area contributed by atoms with E-state index in [1.807, 2.05) is 31.2 Å². The molecule has 2 amide bonds. The van der Waals surface area contributed by atoms with Crippen LogP contribution in [-0.2, 0) is 14.3 Å². The summed E-state index contributed by atoms with van der Waals surface area (Å²) in [6.07, 6.45) is 3.74. The molecule has 0 heterocycles. The Morgan fingerprint density at radius 3 is 2.31 bits per heavy atom. The van der Waals surface area contributed by atoms with Gasteiger partial charge in [0.2, 0.25) is 5.91 Å². The molecule has 1 fully saturated rings. The lowest BCUT2D eigenvalue weighted by atomic mass is 9.98. The van der Waals surface area contributed by atoms with E-state index in [1.165, 1.54) is 22.3 Å². The van der Waals surface area contributed by atoms with Gasteiger partial charge in [0.05, 0.1) is 6.42 Å². The number of rotatable bonds is 10. The highest BCUT2D eigenvalue weighted by molar-refractivity contribution is 5.79. The van der Waals surface area contributed by atoms with Gasteiger partial charge in [-0.2, -0.15) is 0 Å². The number of hydrogen-bond donors (Lipinski definition) is 3. The molecule has 0 aromatic heterocycles. The molecule has 1 saturated carbocycles. The van der Waals surface area contributed by atoms with Crippen LogP contribution in [0.1, 0.15) is 68.9 Å². The van der Waals surface area contributed by atoms with Crippen molar-refractivity contribution in [3.8, 4) is 11.1 Å². The Morgan fingerprint density at radius 1 is 1.03 bits per heavy atom. The van der Waals surface area contributed by atoms with Crippen molar-refractivity contribution in [2.24, 2.45) is 5.92 Å². The van der Waals surface area contributed by atoms with Crippen LogP contribution in [0.4, 0.5) is 4.79 Å². The van der Waals surface area contributed by atoms with Crippen LogP contribution < -0.4 is 10.6 Å². The van der Waals surface area contributed by atoms with E-state index in [-0.39, 0.29) is 49.3 Å². The second-order valence-electron chi connectivity index (χ2n) is 9.62. The van der Waals surface area contributed by atoms with Crippen molar-refractivity contribution in [1.82, 2.24) is 10.6 Å². The Balaban J connectivity index is 1.30. The van der Waals surface area contributed by atoms with E-state index < -0.39 is 12.1 Å². The maximum Gasteiger partial charge on any atom is 0.407 e. The fraction of sp³-hybridized carbons (Fsp3) is 0.464. The molecule has 2 aromatic carbocycles. The van der Waals surface area contributed by atoms with Crippen LogP contribution >= 0.6 is 0 Å². The molecule has 0 radical (unpaired) electrons. The first-order valence-corrected chi connectivity index (χ1v) is 12.6. The monoisotopic (exact) mass is 478 g/mol. The number of hydrogen-bond acceptors (Lipinski definition) is 4. The van der Waals surface area contributed by atoms with Gasteiger partial charge >= 0.3 is 12.1 Å².